The number of aryl methyl sites for hydroxylation is 1. The molecule has 0 saturated carbocycles. The predicted molar refractivity (Wildman–Crippen MR) is 80.1 cm³/mol. The quantitative estimate of drug-likeness (QED) is 0.458. The lowest BCUT2D eigenvalue weighted by atomic mass is 10.1. The van der Waals surface area contributed by atoms with Crippen LogP contribution in [-0.2, 0) is 20.0 Å². The molecule has 5 nitrogen and oxygen atoms in total. The van der Waals surface area contributed by atoms with Gasteiger partial charge in [0.05, 0.1) is 0 Å². The third-order valence-electron chi connectivity index (χ3n) is 2.49. The van der Waals surface area contributed by atoms with Crippen molar-refractivity contribution in [3.05, 3.63) is 35.9 Å². The van der Waals surface area contributed by atoms with E-state index in [0.29, 0.717) is 6.54 Å². The third-order valence-corrected chi connectivity index (χ3v) is 4.35. The number of rotatable bonds is 7. The maximum Gasteiger partial charge on any atom is 0.433 e. The van der Waals surface area contributed by atoms with Crippen molar-refractivity contribution in [2.45, 2.75) is 12.8 Å². The molecule has 0 unspecified atom stereocenters. The number of hydrogen-bond donors (Lipinski definition) is 2. The van der Waals surface area contributed by atoms with Gasteiger partial charge in [0.25, 0.3) is 0 Å². The van der Waals surface area contributed by atoms with E-state index in [1.807, 2.05) is 18.2 Å². The van der Waals surface area contributed by atoms with E-state index >= 15 is 0 Å². The minimum absolute atomic E-state index is 0.264. The number of benzene rings is 1. The maximum atomic E-state index is 11.7. The zero-order valence-electron chi connectivity index (χ0n) is 11.1. The summed E-state index contributed by atoms with van der Waals surface area (Å²) in [5.74, 6) is 0. The normalized spacial score (nSPS) is 11.1. The summed E-state index contributed by atoms with van der Waals surface area (Å²) in [6.07, 6.45) is 1.89. The van der Waals surface area contributed by atoms with Gasteiger partial charge in [0.15, 0.2) is 5.11 Å². The van der Waals surface area contributed by atoms with Crippen molar-refractivity contribution in [1.82, 2.24) is 10.4 Å². The largest absolute Gasteiger partial charge is 0.433 e. The smallest absolute Gasteiger partial charge is 0.362 e. The van der Waals surface area contributed by atoms with Gasteiger partial charge in [-0.1, -0.05) is 30.3 Å². The zero-order valence-corrected chi connectivity index (χ0v) is 12.8. The molecule has 0 amide bonds. The second-order valence-electron chi connectivity index (χ2n) is 3.82. The Morgan fingerprint density at radius 1 is 1.26 bits per heavy atom. The van der Waals surface area contributed by atoms with Crippen LogP contribution in [0.5, 0.6) is 0 Å². The highest BCUT2D eigenvalue weighted by Gasteiger charge is 2.21. The molecule has 0 aliphatic carbocycles. The lowest BCUT2D eigenvalue weighted by Crippen LogP contribution is -2.34. The maximum absolute atomic E-state index is 11.7. The van der Waals surface area contributed by atoms with Crippen LogP contribution in [0.2, 0.25) is 0 Å². The monoisotopic (exact) mass is 302 g/mol. The molecule has 2 N–H and O–H groups in total. The summed E-state index contributed by atoms with van der Waals surface area (Å²) < 4.78 is 21.2. The van der Waals surface area contributed by atoms with Crippen molar-refractivity contribution in [1.29, 1.82) is 0 Å². The van der Waals surface area contributed by atoms with E-state index in [0.717, 1.165) is 12.8 Å². The van der Waals surface area contributed by atoms with Crippen LogP contribution in [0.1, 0.15) is 12.0 Å². The Hall–Kier alpha value is -0.940. The fourth-order valence-electron chi connectivity index (χ4n) is 1.47. The standard InChI is InChI=1S/C12H19N2O3PS/c1-16-18(15,17-2)14-12(19)13-10-6-9-11-7-4-3-5-8-11/h3-5,7-8H,6,9-10H2,1-2H3,(H2,13,14,15,19). The molecule has 7 heteroatoms. The number of hydrogen-bond acceptors (Lipinski definition) is 4. The predicted octanol–water partition coefficient (Wildman–Crippen LogP) is 2.48. The van der Waals surface area contributed by atoms with E-state index in [1.165, 1.54) is 19.8 Å². The molecule has 1 aromatic rings. The minimum Gasteiger partial charge on any atom is -0.362 e. The molecule has 106 valence electrons. The van der Waals surface area contributed by atoms with Crippen LogP contribution in [0, 0.1) is 0 Å². The SMILES string of the molecule is COP(=O)(NC(=S)NCCCc1ccccc1)OC. The lowest BCUT2D eigenvalue weighted by molar-refractivity contribution is 0.271. The molecule has 0 aliphatic rings. The van der Waals surface area contributed by atoms with Gasteiger partial charge in [-0.2, -0.15) is 0 Å². The first-order chi connectivity index (χ1) is 9.09. The average molecular weight is 302 g/mol. The molecule has 0 saturated heterocycles. The highest BCUT2D eigenvalue weighted by Crippen LogP contribution is 2.40. The Balaban J connectivity index is 2.23. The first kappa shape index (κ1) is 16.1. The van der Waals surface area contributed by atoms with Crippen LogP contribution in [0.15, 0.2) is 30.3 Å². The van der Waals surface area contributed by atoms with E-state index in [-0.39, 0.29) is 5.11 Å². The van der Waals surface area contributed by atoms with E-state index in [4.69, 9.17) is 21.3 Å². The molecule has 0 fully saturated rings. The number of thiocarbonyl (C=S) groups is 1. The summed E-state index contributed by atoms with van der Waals surface area (Å²) in [5.41, 5.74) is 1.28. The molecular weight excluding hydrogens is 283 g/mol. The average Bonchev–Trinajstić information content (AvgIpc) is 2.44. The van der Waals surface area contributed by atoms with Crippen LogP contribution in [-0.4, -0.2) is 25.9 Å². The van der Waals surface area contributed by atoms with Gasteiger partial charge in [-0.05, 0) is 30.6 Å². The Bertz CT molecular complexity index is 434. The first-order valence-corrected chi connectivity index (χ1v) is 7.86. The molecule has 0 spiro atoms. The molecule has 1 aromatic carbocycles. The Morgan fingerprint density at radius 2 is 1.89 bits per heavy atom. The van der Waals surface area contributed by atoms with Gasteiger partial charge in [-0.25, -0.2) is 4.57 Å². The molecule has 19 heavy (non-hydrogen) atoms. The van der Waals surface area contributed by atoms with Gasteiger partial charge >= 0.3 is 7.75 Å². The summed E-state index contributed by atoms with van der Waals surface area (Å²) in [6, 6.07) is 10.2. The third kappa shape index (κ3) is 6.16. The first-order valence-electron chi connectivity index (χ1n) is 5.91. The molecule has 0 atom stereocenters. The van der Waals surface area contributed by atoms with Gasteiger partial charge in [0.1, 0.15) is 0 Å². The Labute approximate surface area is 119 Å². The highest BCUT2D eigenvalue weighted by molar-refractivity contribution is 7.81. The summed E-state index contributed by atoms with van der Waals surface area (Å²) in [4.78, 5) is 0. The second-order valence-corrected chi connectivity index (χ2v) is 6.18. The van der Waals surface area contributed by atoms with Crippen molar-refractivity contribution in [3.8, 4) is 0 Å². The molecular formula is C12H19N2O3PS. The lowest BCUT2D eigenvalue weighted by Gasteiger charge is -2.16. The van der Waals surface area contributed by atoms with Crippen LogP contribution in [0.4, 0.5) is 0 Å². The van der Waals surface area contributed by atoms with Gasteiger partial charge in [0, 0.05) is 20.8 Å². The van der Waals surface area contributed by atoms with Gasteiger partial charge in [-0.15, -0.1) is 0 Å². The van der Waals surface area contributed by atoms with Crippen LogP contribution in [0.25, 0.3) is 0 Å². The molecule has 0 aromatic heterocycles. The Morgan fingerprint density at radius 3 is 2.47 bits per heavy atom. The van der Waals surface area contributed by atoms with Crippen LogP contribution in [0.3, 0.4) is 0 Å². The molecule has 0 heterocycles. The van der Waals surface area contributed by atoms with Crippen LogP contribution >= 0.6 is 20.0 Å². The summed E-state index contributed by atoms with van der Waals surface area (Å²) in [7, 11) is -0.696. The molecule has 1 rings (SSSR count). The minimum atomic E-state index is -3.30. The second kappa shape index (κ2) is 8.27. The molecule has 0 bridgehead atoms. The topological polar surface area (TPSA) is 59.6 Å². The molecule has 0 radical (unpaired) electrons. The van der Waals surface area contributed by atoms with Crippen LogP contribution < -0.4 is 10.4 Å². The van der Waals surface area contributed by atoms with Crippen molar-refractivity contribution in [3.63, 3.8) is 0 Å². The fourth-order valence-corrected chi connectivity index (χ4v) is 2.57. The zero-order chi connectivity index (χ0) is 14.1. The number of nitrogens with one attached hydrogen (secondary N) is 2. The van der Waals surface area contributed by atoms with Crippen molar-refractivity contribution < 1.29 is 13.6 Å². The van der Waals surface area contributed by atoms with E-state index < -0.39 is 7.75 Å². The Kier molecular flexibility index (Phi) is 7.02. The van der Waals surface area contributed by atoms with E-state index in [2.05, 4.69) is 22.5 Å². The van der Waals surface area contributed by atoms with Crippen molar-refractivity contribution in [2.75, 3.05) is 20.8 Å². The summed E-state index contributed by atoms with van der Waals surface area (Å²) >= 11 is 5.01. The molecule has 0 aliphatic heterocycles. The summed E-state index contributed by atoms with van der Waals surface area (Å²) in [6.45, 7) is 0.689. The van der Waals surface area contributed by atoms with Crippen molar-refractivity contribution in [2.24, 2.45) is 0 Å². The van der Waals surface area contributed by atoms with Crippen molar-refractivity contribution >= 4 is 25.1 Å². The van der Waals surface area contributed by atoms with E-state index in [9.17, 15) is 4.57 Å². The van der Waals surface area contributed by atoms with Gasteiger partial charge in [0.2, 0.25) is 0 Å². The highest BCUT2D eigenvalue weighted by atomic mass is 32.1. The summed E-state index contributed by atoms with van der Waals surface area (Å²) in [5, 5.41) is 5.75. The van der Waals surface area contributed by atoms with Gasteiger partial charge in [-0.3, -0.25) is 14.1 Å². The van der Waals surface area contributed by atoms with E-state index in [1.54, 1.807) is 0 Å². The van der Waals surface area contributed by atoms with Gasteiger partial charge < -0.3 is 5.32 Å². The fraction of sp³-hybridized carbons (Fsp3) is 0.417.